The van der Waals surface area contributed by atoms with Crippen molar-refractivity contribution in [2.75, 3.05) is 13.1 Å². The van der Waals surface area contributed by atoms with Crippen LogP contribution < -0.4 is 10.6 Å². The van der Waals surface area contributed by atoms with Crippen LogP contribution in [0.5, 0.6) is 0 Å². The molecule has 0 radical (unpaired) electrons. The summed E-state index contributed by atoms with van der Waals surface area (Å²) >= 11 is 5.84. The van der Waals surface area contributed by atoms with E-state index in [0.29, 0.717) is 23.3 Å². The van der Waals surface area contributed by atoms with E-state index in [-0.39, 0.29) is 5.91 Å². The second-order valence-corrected chi connectivity index (χ2v) is 5.93. The van der Waals surface area contributed by atoms with Crippen molar-refractivity contribution in [3.63, 3.8) is 0 Å². The molecule has 1 aromatic heterocycles. The Kier molecular flexibility index (Phi) is 4.75. The Bertz CT molecular complexity index is 632. The van der Waals surface area contributed by atoms with E-state index in [1.54, 1.807) is 6.07 Å². The first kappa shape index (κ1) is 15.1. The quantitative estimate of drug-likeness (QED) is 0.910. The highest BCUT2D eigenvalue weighted by Gasteiger charge is 2.17. The standard InChI is InChI=1S/C16H19ClN4O/c17-13-5-3-12(4-6-13)10-19-16(22)15-7-9-21(20-15)14-2-1-8-18-11-14/h3-7,9,14,18H,1-2,8,10-11H2,(H,19,22). The fourth-order valence-electron chi connectivity index (χ4n) is 2.60. The molecule has 0 aliphatic carbocycles. The van der Waals surface area contributed by atoms with Crippen molar-refractivity contribution in [1.29, 1.82) is 0 Å². The molecule has 1 atom stereocenters. The monoisotopic (exact) mass is 318 g/mol. The highest BCUT2D eigenvalue weighted by molar-refractivity contribution is 6.30. The van der Waals surface area contributed by atoms with Crippen LogP contribution in [0.1, 0.15) is 34.9 Å². The number of piperidine rings is 1. The number of hydrogen-bond acceptors (Lipinski definition) is 3. The average Bonchev–Trinajstić information content (AvgIpc) is 3.05. The van der Waals surface area contributed by atoms with Gasteiger partial charge in [0.2, 0.25) is 0 Å². The summed E-state index contributed by atoms with van der Waals surface area (Å²) in [4.78, 5) is 12.2. The van der Waals surface area contributed by atoms with Crippen molar-refractivity contribution < 1.29 is 4.79 Å². The van der Waals surface area contributed by atoms with Crippen molar-refractivity contribution in [2.45, 2.75) is 25.4 Å². The lowest BCUT2D eigenvalue weighted by atomic mass is 10.1. The van der Waals surface area contributed by atoms with Crippen molar-refractivity contribution in [1.82, 2.24) is 20.4 Å². The first-order chi connectivity index (χ1) is 10.7. The molecule has 0 bridgehead atoms. The fourth-order valence-corrected chi connectivity index (χ4v) is 2.72. The van der Waals surface area contributed by atoms with Gasteiger partial charge in [0.1, 0.15) is 5.69 Å². The van der Waals surface area contributed by atoms with E-state index in [4.69, 9.17) is 11.6 Å². The van der Waals surface area contributed by atoms with Crippen LogP contribution in [0.2, 0.25) is 5.02 Å². The Balaban J connectivity index is 1.58. The summed E-state index contributed by atoms with van der Waals surface area (Å²) in [6.45, 7) is 2.44. The molecule has 1 aliphatic rings. The maximum atomic E-state index is 12.2. The number of rotatable bonds is 4. The number of carbonyl (C=O) groups excluding carboxylic acids is 1. The Morgan fingerprint density at radius 2 is 2.18 bits per heavy atom. The predicted octanol–water partition coefficient (Wildman–Crippen LogP) is 2.39. The molecule has 1 saturated heterocycles. The number of halogens is 1. The minimum absolute atomic E-state index is 0.155. The average molecular weight is 319 g/mol. The molecule has 1 aliphatic heterocycles. The molecule has 2 aromatic rings. The van der Waals surface area contributed by atoms with Crippen LogP contribution in [-0.4, -0.2) is 28.8 Å². The lowest BCUT2D eigenvalue weighted by Gasteiger charge is -2.22. The third kappa shape index (κ3) is 3.67. The molecule has 2 heterocycles. The second kappa shape index (κ2) is 6.94. The van der Waals surface area contributed by atoms with Crippen molar-refractivity contribution >= 4 is 17.5 Å². The smallest absolute Gasteiger partial charge is 0.272 e. The fraction of sp³-hybridized carbons (Fsp3) is 0.375. The maximum Gasteiger partial charge on any atom is 0.272 e. The molecule has 1 fully saturated rings. The Morgan fingerprint density at radius 1 is 1.36 bits per heavy atom. The first-order valence-corrected chi connectivity index (χ1v) is 7.89. The number of nitrogens with zero attached hydrogens (tertiary/aromatic N) is 2. The van der Waals surface area contributed by atoms with Crippen LogP contribution >= 0.6 is 11.6 Å². The van der Waals surface area contributed by atoms with E-state index >= 15 is 0 Å². The van der Waals surface area contributed by atoms with Gasteiger partial charge in [-0.1, -0.05) is 23.7 Å². The predicted molar refractivity (Wildman–Crippen MR) is 86.0 cm³/mol. The number of hydrogen-bond donors (Lipinski definition) is 2. The largest absolute Gasteiger partial charge is 0.347 e. The van der Waals surface area contributed by atoms with E-state index in [0.717, 1.165) is 31.5 Å². The second-order valence-electron chi connectivity index (χ2n) is 5.49. The summed E-state index contributed by atoms with van der Waals surface area (Å²) in [6, 6.07) is 9.53. The van der Waals surface area contributed by atoms with E-state index in [9.17, 15) is 4.79 Å². The van der Waals surface area contributed by atoms with Crippen LogP contribution in [0.15, 0.2) is 36.5 Å². The summed E-state index contributed by atoms with van der Waals surface area (Å²) < 4.78 is 1.89. The molecule has 2 N–H and O–H groups in total. The molecule has 1 unspecified atom stereocenters. The molecule has 22 heavy (non-hydrogen) atoms. The van der Waals surface area contributed by atoms with Gasteiger partial charge >= 0.3 is 0 Å². The van der Waals surface area contributed by atoms with Crippen molar-refractivity contribution in [2.24, 2.45) is 0 Å². The lowest BCUT2D eigenvalue weighted by Crippen LogP contribution is -2.32. The van der Waals surface area contributed by atoms with Gasteiger partial charge in [-0.05, 0) is 43.1 Å². The van der Waals surface area contributed by atoms with Gasteiger partial charge < -0.3 is 10.6 Å². The van der Waals surface area contributed by atoms with Gasteiger partial charge in [-0.3, -0.25) is 9.48 Å². The molecule has 0 spiro atoms. The van der Waals surface area contributed by atoms with Crippen molar-refractivity contribution in [3.8, 4) is 0 Å². The van der Waals surface area contributed by atoms with E-state index < -0.39 is 0 Å². The third-order valence-corrected chi connectivity index (χ3v) is 4.10. The molecule has 6 heteroatoms. The normalized spacial score (nSPS) is 18.1. The number of carbonyl (C=O) groups is 1. The Morgan fingerprint density at radius 3 is 2.91 bits per heavy atom. The molecular formula is C16H19ClN4O. The van der Waals surface area contributed by atoms with Gasteiger partial charge in [0.15, 0.2) is 0 Å². The van der Waals surface area contributed by atoms with Gasteiger partial charge in [0.05, 0.1) is 6.04 Å². The Hall–Kier alpha value is -1.85. The van der Waals surface area contributed by atoms with Crippen LogP contribution in [0.3, 0.4) is 0 Å². The van der Waals surface area contributed by atoms with Gasteiger partial charge in [-0.15, -0.1) is 0 Å². The van der Waals surface area contributed by atoms with Crippen LogP contribution in [0.25, 0.3) is 0 Å². The summed E-state index contributed by atoms with van der Waals surface area (Å²) in [6.07, 6.45) is 4.12. The van der Waals surface area contributed by atoms with Crippen LogP contribution in [-0.2, 0) is 6.54 Å². The van der Waals surface area contributed by atoms with Crippen LogP contribution in [0.4, 0.5) is 0 Å². The number of amides is 1. The SMILES string of the molecule is O=C(NCc1ccc(Cl)cc1)c1ccn(C2CCCNC2)n1. The van der Waals surface area contributed by atoms with Gasteiger partial charge in [0, 0.05) is 24.3 Å². The molecule has 116 valence electrons. The third-order valence-electron chi connectivity index (χ3n) is 3.85. The lowest BCUT2D eigenvalue weighted by molar-refractivity contribution is 0.0944. The van der Waals surface area contributed by atoms with E-state index in [1.165, 1.54) is 0 Å². The van der Waals surface area contributed by atoms with E-state index in [2.05, 4.69) is 15.7 Å². The summed E-state index contributed by atoms with van der Waals surface area (Å²) in [5.74, 6) is -0.155. The maximum absolute atomic E-state index is 12.2. The number of nitrogens with one attached hydrogen (secondary N) is 2. The minimum Gasteiger partial charge on any atom is -0.347 e. The van der Waals surface area contributed by atoms with Crippen molar-refractivity contribution in [3.05, 3.63) is 52.8 Å². The zero-order valence-electron chi connectivity index (χ0n) is 12.3. The minimum atomic E-state index is -0.155. The molecule has 1 aromatic carbocycles. The van der Waals surface area contributed by atoms with Gasteiger partial charge in [-0.25, -0.2) is 0 Å². The highest BCUT2D eigenvalue weighted by Crippen LogP contribution is 2.15. The topological polar surface area (TPSA) is 59.0 Å². The molecule has 3 rings (SSSR count). The zero-order chi connectivity index (χ0) is 15.4. The van der Waals surface area contributed by atoms with Gasteiger partial charge in [0.25, 0.3) is 5.91 Å². The summed E-state index contributed by atoms with van der Waals surface area (Å²) in [5.41, 5.74) is 1.47. The zero-order valence-corrected chi connectivity index (χ0v) is 13.0. The number of aromatic nitrogens is 2. The highest BCUT2D eigenvalue weighted by atomic mass is 35.5. The first-order valence-electron chi connectivity index (χ1n) is 7.51. The molecule has 1 amide bonds. The Labute approximate surface area is 134 Å². The number of benzene rings is 1. The summed E-state index contributed by atoms with van der Waals surface area (Å²) in [5, 5.41) is 11.3. The molecule has 5 nitrogen and oxygen atoms in total. The van der Waals surface area contributed by atoms with Gasteiger partial charge in [-0.2, -0.15) is 5.10 Å². The molecular weight excluding hydrogens is 300 g/mol. The van der Waals surface area contributed by atoms with Crippen LogP contribution in [0, 0.1) is 0 Å². The summed E-state index contributed by atoms with van der Waals surface area (Å²) in [7, 11) is 0. The molecule has 0 saturated carbocycles. The van der Waals surface area contributed by atoms with E-state index in [1.807, 2.05) is 35.1 Å².